The van der Waals surface area contributed by atoms with Crippen LogP contribution in [0.15, 0.2) is 30.5 Å². The molecule has 1 saturated heterocycles. The molecule has 0 radical (unpaired) electrons. The molecule has 0 spiro atoms. The van der Waals surface area contributed by atoms with Crippen molar-refractivity contribution in [2.45, 2.75) is 25.0 Å². The Kier molecular flexibility index (Phi) is 3.46. The van der Waals surface area contributed by atoms with E-state index in [4.69, 9.17) is 5.73 Å². The molecule has 106 valence electrons. The predicted molar refractivity (Wildman–Crippen MR) is 77.2 cm³/mol. The molecule has 2 heterocycles. The summed E-state index contributed by atoms with van der Waals surface area (Å²) in [6, 6.07) is 7.42. The van der Waals surface area contributed by atoms with Crippen molar-refractivity contribution in [3.8, 4) is 0 Å². The Balaban J connectivity index is 1.72. The molecule has 2 unspecified atom stereocenters. The highest BCUT2D eigenvalue weighted by Gasteiger charge is 2.28. The lowest BCUT2D eigenvalue weighted by Gasteiger charge is -2.20. The number of nitrogens with zero attached hydrogens (tertiary/aromatic N) is 1. The molecule has 2 aromatic rings. The minimum atomic E-state index is -0.556. The van der Waals surface area contributed by atoms with Gasteiger partial charge in [0.15, 0.2) is 0 Å². The molecule has 1 aliphatic rings. The number of aromatic nitrogens is 1. The van der Waals surface area contributed by atoms with Crippen molar-refractivity contribution in [1.29, 1.82) is 0 Å². The number of amides is 1. The third-order valence-electron chi connectivity index (χ3n) is 3.91. The van der Waals surface area contributed by atoms with Crippen LogP contribution in [0.2, 0.25) is 0 Å². The molecule has 0 bridgehead atoms. The van der Waals surface area contributed by atoms with Crippen LogP contribution in [0.25, 0.3) is 10.9 Å². The Labute approximate surface area is 117 Å². The van der Waals surface area contributed by atoms with E-state index in [-0.39, 0.29) is 5.91 Å². The largest absolute Gasteiger partial charge is 0.391 e. The molecule has 20 heavy (non-hydrogen) atoms. The fourth-order valence-corrected chi connectivity index (χ4v) is 2.80. The number of aliphatic hydroxyl groups excluding tert-OH is 1. The number of carbonyl (C=O) groups excluding carboxylic acids is 1. The van der Waals surface area contributed by atoms with Crippen LogP contribution in [0.5, 0.6) is 0 Å². The van der Waals surface area contributed by atoms with Crippen molar-refractivity contribution in [2.24, 2.45) is 5.73 Å². The zero-order chi connectivity index (χ0) is 14.1. The number of aromatic amines is 1. The smallest absolute Gasteiger partial charge is 0.239 e. The topological polar surface area (TPSA) is 82.4 Å². The molecule has 1 aromatic carbocycles. The van der Waals surface area contributed by atoms with Gasteiger partial charge in [0.05, 0.1) is 12.1 Å². The van der Waals surface area contributed by atoms with Crippen LogP contribution >= 0.6 is 0 Å². The molecule has 3 rings (SSSR count). The second-order valence-electron chi connectivity index (χ2n) is 5.40. The van der Waals surface area contributed by atoms with Gasteiger partial charge in [-0.2, -0.15) is 0 Å². The standard InChI is InChI=1S/C15H19N3O2/c16-13(15(20)18-6-5-11(19)9-18)7-10-8-17-14-4-2-1-3-12(10)14/h1-4,8,11,13,17,19H,5-7,9,16H2. The highest BCUT2D eigenvalue weighted by atomic mass is 16.3. The van der Waals surface area contributed by atoms with Crippen LogP contribution in [0.1, 0.15) is 12.0 Å². The highest BCUT2D eigenvalue weighted by Crippen LogP contribution is 2.19. The molecule has 0 saturated carbocycles. The number of nitrogens with two attached hydrogens (primary N) is 1. The van der Waals surface area contributed by atoms with Gasteiger partial charge in [-0.3, -0.25) is 4.79 Å². The predicted octanol–water partition coefficient (Wildman–Crippen LogP) is 0.631. The second kappa shape index (κ2) is 5.26. The minimum Gasteiger partial charge on any atom is -0.391 e. The molecule has 1 aliphatic heterocycles. The molecular formula is C15H19N3O2. The number of carbonyl (C=O) groups is 1. The summed E-state index contributed by atoms with van der Waals surface area (Å²) in [5.74, 6) is -0.0770. The number of hydrogen-bond donors (Lipinski definition) is 3. The van der Waals surface area contributed by atoms with Gasteiger partial charge in [-0.05, 0) is 24.5 Å². The Morgan fingerprint density at radius 1 is 1.50 bits per heavy atom. The number of H-pyrrole nitrogens is 1. The van der Waals surface area contributed by atoms with Crippen LogP contribution < -0.4 is 5.73 Å². The van der Waals surface area contributed by atoms with Gasteiger partial charge in [-0.15, -0.1) is 0 Å². The molecule has 1 aromatic heterocycles. The van der Waals surface area contributed by atoms with Gasteiger partial charge in [0.1, 0.15) is 0 Å². The third kappa shape index (κ3) is 2.42. The fourth-order valence-electron chi connectivity index (χ4n) is 2.80. The van der Waals surface area contributed by atoms with Gasteiger partial charge in [-0.1, -0.05) is 18.2 Å². The molecule has 0 aliphatic carbocycles. The first-order valence-corrected chi connectivity index (χ1v) is 6.92. The van der Waals surface area contributed by atoms with Gasteiger partial charge in [0.2, 0.25) is 5.91 Å². The highest BCUT2D eigenvalue weighted by molar-refractivity contribution is 5.86. The van der Waals surface area contributed by atoms with Crippen molar-refractivity contribution >= 4 is 16.8 Å². The summed E-state index contributed by atoms with van der Waals surface area (Å²) >= 11 is 0. The third-order valence-corrected chi connectivity index (χ3v) is 3.91. The number of β-amino-alcohol motifs (C(OH)–C–C–N with tert-alkyl or cyclic N) is 1. The fraction of sp³-hybridized carbons (Fsp3) is 0.400. The quantitative estimate of drug-likeness (QED) is 0.767. The zero-order valence-electron chi connectivity index (χ0n) is 11.2. The second-order valence-corrected chi connectivity index (χ2v) is 5.40. The molecule has 2 atom stereocenters. The summed E-state index contributed by atoms with van der Waals surface area (Å²) in [6.07, 6.45) is 2.66. The van der Waals surface area contributed by atoms with Crippen LogP contribution in [-0.2, 0) is 11.2 Å². The SMILES string of the molecule is NC(Cc1c[nH]c2ccccc12)C(=O)N1CCC(O)C1. The summed E-state index contributed by atoms with van der Waals surface area (Å²) in [4.78, 5) is 17.1. The molecular weight excluding hydrogens is 254 g/mol. The van der Waals surface area contributed by atoms with E-state index in [2.05, 4.69) is 4.98 Å². The Morgan fingerprint density at radius 2 is 2.30 bits per heavy atom. The zero-order valence-corrected chi connectivity index (χ0v) is 11.2. The Morgan fingerprint density at radius 3 is 3.05 bits per heavy atom. The van der Waals surface area contributed by atoms with Gasteiger partial charge in [0.25, 0.3) is 0 Å². The van der Waals surface area contributed by atoms with Gasteiger partial charge in [0, 0.05) is 30.2 Å². The average Bonchev–Trinajstić information content (AvgIpc) is 3.05. The number of para-hydroxylation sites is 1. The van der Waals surface area contributed by atoms with E-state index in [1.54, 1.807) is 4.90 Å². The van der Waals surface area contributed by atoms with E-state index in [0.29, 0.717) is 25.9 Å². The minimum absolute atomic E-state index is 0.0770. The Bertz CT molecular complexity index is 622. The van der Waals surface area contributed by atoms with E-state index in [0.717, 1.165) is 16.5 Å². The molecule has 5 nitrogen and oxygen atoms in total. The molecule has 1 amide bonds. The number of benzene rings is 1. The van der Waals surface area contributed by atoms with Crippen LogP contribution in [0, 0.1) is 0 Å². The van der Waals surface area contributed by atoms with E-state index in [1.807, 2.05) is 30.5 Å². The van der Waals surface area contributed by atoms with Crippen molar-refractivity contribution in [2.75, 3.05) is 13.1 Å². The van der Waals surface area contributed by atoms with E-state index >= 15 is 0 Å². The Hall–Kier alpha value is -1.85. The molecule has 4 N–H and O–H groups in total. The van der Waals surface area contributed by atoms with Gasteiger partial charge >= 0.3 is 0 Å². The van der Waals surface area contributed by atoms with Gasteiger partial charge in [-0.25, -0.2) is 0 Å². The summed E-state index contributed by atoms with van der Waals surface area (Å²) in [6.45, 7) is 1.00. The monoisotopic (exact) mass is 273 g/mol. The number of hydrogen-bond acceptors (Lipinski definition) is 3. The lowest BCUT2D eigenvalue weighted by molar-refractivity contribution is -0.131. The van der Waals surface area contributed by atoms with E-state index < -0.39 is 12.1 Å². The van der Waals surface area contributed by atoms with Crippen molar-refractivity contribution in [3.63, 3.8) is 0 Å². The van der Waals surface area contributed by atoms with Gasteiger partial charge < -0.3 is 20.7 Å². The van der Waals surface area contributed by atoms with E-state index in [9.17, 15) is 9.90 Å². The number of aliphatic hydroxyl groups is 1. The number of nitrogens with one attached hydrogen (secondary N) is 1. The first-order valence-electron chi connectivity index (χ1n) is 6.92. The van der Waals surface area contributed by atoms with E-state index in [1.165, 1.54) is 0 Å². The first kappa shape index (κ1) is 13.1. The van der Waals surface area contributed by atoms with Crippen molar-refractivity contribution in [3.05, 3.63) is 36.0 Å². The number of rotatable bonds is 3. The number of likely N-dealkylation sites (tertiary alicyclic amines) is 1. The maximum atomic E-state index is 12.2. The average molecular weight is 273 g/mol. The lowest BCUT2D eigenvalue weighted by Crippen LogP contribution is -2.44. The summed E-state index contributed by atoms with van der Waals surface area (Å²) in [5.41, 5.74) is 8.15. The normalized spacial score (nSPS) is 20.5. The maximum absolute atomic E-state index is 12.2. The van der Waals surface area contributed by atoms with Crippen LogP contribution in [0.4, 0.5) is 0 Å². The first-order chi connectivity index (χ1) is 9.65. The summed E-state index contributed by atoms with van der Waals surface area (Å²) < 4.78 is 0. The number of fused-ring (bicyclic) bond motifs is 1. The molecule has 1 fully saturated rings. The summed E-state index contributed by atoms with van der Waals surface area (Å²) in [7, 11) is 0. The van der Waals surface area contributed by atoms with Crippen molar-refractivity contribution in [1.82, 2.24) is 9.88 Å². The molecule has 5 heteroatoms. The van der Waals surface area contributed by atoms with Crippen LogP contribution in [-0.4, -0.2) is 46.1 Å². The van der Waals surface area contributed by atoms with Crippen LogP contribution in [0.3, 0.4) is 0 Å². The summed E-state index contributed by atoms with van der Waals surface area (Å²) in [5, 5.41) is 10.6. The van der Waals surface area contributed by atoms with Crippen molar-refractivity contribution < 1.29 is 9.90 Å². The maximum Gasteiger partial charge on any atom is 0.239 e. The lowest BCUT2D eigenvalue weighted by atomic mass is 10.0.